The van der Waals surface area contributed by atoms with Crippen molar-refractivity contribution in [2.45, 2.75) is 113 Å². The predicted octanol–water partition coefficient (Wildman–Crippen LogP) is 4.19. The lowest BCUT2D eigenvalue weighted by Crippen LogP contribution is -2.35. The molecule has 56 nitrogen and oxygen atoms in total. The van der Waals surface area contributed by atoms with Crippen molar-refractivity contribution in [2.75, 3.05) is 132 Å². The number of aldehydes is 1. The van der Waals surface area contributed by atoms with Crippen molar-refractivity contribution in [3.05, 3.63) is 155 Å². The number of carbonyl (C=O) groups excluding carboxylic acids is 6. The maximum absolute atomic E-state index is 13.5. The Bertz CT molecular complexity index is 6790. The van der Waals surface area contributed by atoms with Crippen LogP contribution in [0.15, 0.2) is 128 Å². The molecule has 1 aliphatic rings. The van der Waals surface area contributed by atoms with Crippen molar-refractivity contribution in [2.24, 2.45) is 0 Å². The number of thioether (sulfide) groups is 2. The topological polar surface area (TPSA) is 783 Å². The van der Waals surface area contributed by atoms with Crippen LogP contribution in [0.4, 0.5) is 29.7 Å². The zero-order chi connectivity index (χ0) is 102. The van der Waals surface area contributed by atoms with Crippen LogP contribution in [0.5, 0.6) is 11.5 Å². The monoisotopic (exact) mass is 2070 g/mol. The number of nitrogens with one attached hydrogen (secondary N) is 7. The number of hydrogen-bond acceptors (Lipinski definition) is 45. The minimum Gasteiger partial charge on any atom is -0.465 e. The molecular weight excluding hydrogens is 1970 g/mol. The molecule has 6 atom stereocenters. The highest BCUT2D eigenvalue weighted by molar-refractivity contribution is 8.13. The number of H-pyrrole nitrogens is 5. The van der Waals surface area contributed by atoms with Crippen LogP contribution in [0, 0.1) is 0 Å². The van der Waals surface area contributed by atoms with E-state index in [9.17, 15) is 75.9 Å². The van der Waals surface area contributed by atoms with Gasteiger partial charge in [0, 0.05) is 52.3 Å². The summed E-state index contributed by atoms with van der Waals surface area (Å²) in [5.41, 5.74) is 28.6. The average molecular weight is 2070 g/mol. The van der Waals surface area contributed by atoms with E-state index in [-0.39, 0.29) is 195 Å². The molecule has 12 aromatic rings. The molecule has 18 N–H and O–H groups in total. The second-order valence-electron chi connectivity index (χ2n) is 29.3. The fraction of sp³-hybridized carbons (Fsp3) is 0.423. The molecule has 1 aliphatic heterocycles. The van der Waals surface area contributed by atoms with Gasteiger partial charge in [-0.3, -0.25) is 100 Å². The molecule has 6 unspecified atom stereocenters. The predicted molar refractivity (Wildman–Crippen MR) is 510 cm³/mol. The van der Waals surface area contributed by atoms with Crippen molar-refractivity contribution in [3.8, 4) is 11.5 Å². The van der Waals surface area contributed by atoms with Crippen LogP contribution in [-0.4, -0.2) is 252 Å². The number of imidazole rings is 5. The summed E-state index contributed by atoms with van der Waals surface area (Å²) in [7, 11) is -14.9. The number of nitrogen functional groups attached to an aromatic ring is 5. The maximum Gasteiger partial charge on any atom is 0.356 e. The first-order chi connectivity index (χ1) is 66.8. The van der Waals surface area contributed by atoms with E-state index >= 15 is 0 Å². The summed E-state index contributed by atoms with van der Waals surface area (Å²) >= 11 is 1.88. The van der Waals surface area contributed by atoms with Gasteiger partial charge in [-0.2, -0.15) is 24.9 Å². The van der Waals surface area contributed by atoms with Crippen molar-refractivity contribution < 1.29 is 112 Å². The molecule has 0 saturated heterocycles. The zero-order valence-electron chi connectivity index (χ0n) is 76.4. The van der Waals surface area contributed by atoms with Crippen LogP contribution in [-0.2, 0) is 131 Å². The minimum absolute atomic E-state index is 0.0216. The first kappa shape index (κ1) is 111. The average Bonchev–Trinajstić information content (AvgIpc) is 1.67. The van der Waals surface area contributed by atoms with Crippen molar-refractivity contribution >= 4 is 174 Å². The van der Waals surface area contributed by atoms with Crippen molar-refractivity contribution in [1.29, 1.82) is 0 Å². The largest absolute Gasteiger partial charge is 0.465 e. The molecule has 0 bridgehead atoms. The second kappa shape index (κ2) is 54.1. The third-order valence-electron chi connectivity index (χ3n) is 18.3. The fourth-order valence-corrected chi connectivity index (χ4v) is 18.5. The van der Waals surface area contributed by atoms with E-state index in [1.165, 1.54) is 57.0 Å². The van der Waals surface area contributed by atoms with Gasteiger partial charge in [0.25, 0.3) is 27.8 Å². The van der Waals surface area contributed by atoms with E-state index in [4.69, 9.17) is 89.2 Å². The number of para-hydroxylation sites is 2. The lowest BCUT2D eigenvalue weighted by Gasteiger charge is -2.23. The number of anilines is 5. The number of fused-ring (bicyclic) bond motifs is 5. The number of hydrogen-bond donors (Lipinski definition) is 13. The molecule has 0 fully saturated rings. The fourth-order valence-electron chi connectivity index (χ4n) is 11.8. The minimum atomic E-state index is -4.02. The van der Waals surface area contributed by atoms with Crippen LogP contribution < -0.4 is 75.7 Å². The zero-order valence-corrected chi connectivity index (χ0v) is 81.7. The first-order valence-electron chi connectivity index (χ1n) is 42.2. The molecular formula is C78H105N27O29P4S2. The van der Waals surface area contributed by atoms with Gasteiger partial charge in [0.15, 0.2) is 66.0 Å². The van der Waals surface area contributed by atoms with Crippen molar-refractivity contribution in [1.82, 2.24) is 108 Å². The molecule has 0 spiro atoms. The Morgan fingerprint density at radius 1 is 0.493 bits per heavy atom. The number of carbonyl (C=O) groups is 6. The Morgan fingerprint density at radius 3 is 1.19 bits per heavy atom. The highest BCUT2D eigenvalue weighted by Crippen LogP contribution is 2.50. The molecule has 11 heterocycles. The summed E-state index contributed by atoms with van der Waals surface area (Å²) in [5.74, 6) is -0.440. The second-order valence-corrected chi connectivity index (χ2v) is 39.5. The highest BCUT2D eigenvalue weighted by atomic mass is 32.2. The van der Waals surface area contributed by atoms with Gasteiger partial charge in [0.1, 0.15) is 80.2 Å². The van der Waals surface area contributed by atoms with Gasteiger partial charge in [-0.05, 0) is 64.0 Å². The number of benzene rings is 2. The summed E-state index contributed by atoms with van der Waals surface area (Å²) in [5, 5.41) is 5.18. The van der Waals surface area contributed by atoms with Gasteiger partial charge >= 0.3 is 48.1 Å². The van der Waals surface area contributed by atoms with Crippen LogP contribution in [0.1, 0.15) is 67.7 Å². The molecule has 758 valence electrons. The third-order valence-corrected chi connectivity index (χ3v) is 26.1. The van der Waals surface area contributed by atoms with E-state index in [0.29, 0.717) is 71.5 Å². The Kier molecular flexibility index (Phi) is 42.8. The molecule has 62 heteroatoms. The van der Waals surface area contributed by atoms with E-state index in [1.807, 2.05) is 6.92 Å². The van der Waals surface area contributed by atoms with Gasteiger partial charge < -0.3 is 113 Å². The van der Waals surface area contributed by atoms with Gasteiger partial charge in [-0.1, -0.05) is 73.3 Å². The normalized spacial score (nSPS) is 14.0. The van der Waals surface area contributed by atoms with E-state index in [1.54, 1.807) is 99.7 Å². The number of cyclic esters (lactones) is 1. The summed E-state index contributed by atoms with van der Waals surface area (Å²) in [6.07, 6.45) is 8.13. The maximum atomic E-state index is 13.5. The van der Waals surface area contributed by atoms with Crippen LogP contribution in [0.25, 0.3) is 55.8 Å². The first-order valence-corrected chi connectivity index (χ1v) is 51.3. The summed E-state index contributed by atoms with van der Waals surface area (Å²) in [6.45, 7) is 13.7. The third kappa shape index (κ3) is 34.9. The van der Waals surface area contributed by atoms with Crippen molar-refractivity contribution in [3.63, 3.8) is 0 Å². The quantitative estimate of drug-likeness (QED) is 0.00634. The molecule has 2 aromatic carbocycles. The van der Waals surface area contributed by atoms with Crippen LogP contribution in [0.3, 0.4) is 0 Å². The van der Waals surface area contributed by atoms with Gasteiger partial charge in [-0.15, -0.1) is 0 Å². The number of aromatic amines is 5. The smallest absolute Gasteiger partial charge is 0.356 e. The summed E-state index contributed by atoms with van der Waals surface area (Å²) in [6, 6.07) is 15.4. The van der Waals surface area contributed by atoms with Gasteiger partial charge in [0.05, 0.1) is 90.9 Å². The van der Waals surface area contributed by atoms with E-state index in [2.05, 4.69) is 84.9 Å². The summed E-state index contributed by atoms with van der Waals surface area (Å²) < 4.78 is 128. The molecule has 0 radical (unpaired) electrons. The Hall–Kier alpha value is -12.9. The number of esters is 3. The molecule has 13 rings (SSSR count). The number of rotatable bonds is 49. The molecule has 10 aromatic heterocycles. The van der Waals surface area contributed by atoms with Gasteiger partial charge in [0.2, 0.25) is 29.7 Å². The standard InChI is InChI=1S/C21H29N6O6P.C19H25N6O6P.C15H22N5O7PS2.C14H18N5O7P.C9H11N5O3/c1-3-4-11-32-20(29)15(2)26-34(30,33-16-8-6-5-7-9-16)14-31-12-10-27-13-23-17-18(27)24-21(22)25-19(17)28;1-3-30-18(27)13(2)24-32(28,31-14-7-5-4-6-8-14)12-29-10-9-25-11-21-15-16(25)22-19(20)23-17(15)26;1-10(21)29-6-5-26-28(24,27-9-30-11(2)22)8-25-4-3-20-7-17-12-13(20)18-15(16)19-14(12)23;1-8-4-10(20)26-9(8)5-25-27(22,23)7-24-3-2-19-6-16-11-12(19)17-14(15)18-13(11)21;10-9-12-7-6(8(16)13-9)11-5-14(7)1-3-17-4-2-15/h5-9,13,15H,3-4,10-12,14H2,1-2H3,(H,26,30)(H3,22,24,25,28);4-8,11,13H,3,9-10,12H2,1-2H3,(H,24,28)(H3,20,22,23,26);7H,3-6,8-9H2,1-2H3,(H3,16,18,19,23);6H,2-5,7H2,1H3,(H,22,23)(H3,15,17,18,21);2,5H,1,3-4H2,(H3,10,12,13,16). The van der Waals surface area contributed by atoms with E-state index in [0.717, 1.165) is 36.4 Å². The molecule has 0 amide bonds. The highest BCUT2D eigenvalue weighted by Gasteiger charge is 2.34. The Morgan fingerprint density at radius 2 is 0.850 bits per heavy atom. The molecule has 140 heavy (non-hydrogen) atoms. The SMILES string of the molecule is CC(=O)SCCOP(=O)(COCCn1cnc2c(=O)[nH]c(N)nc21)OCSC(C)=O.CC1=C(COP(=O)(O)COCCn2cnc3c(=O)[nH]c(N)nc32)OC(=O)C1.CCCCOC(=O)C(C)NP(=O)(COCCn1cnc2c(=O)[nH]c(N)nc21)Oc1ccccc1.CCOC(=O)C(C)NP(=O)(COCCn1cnc2c(=O)[nH]c(N)nc21)Oc1ccccc1.Nc1nc2c(ncn2CCOCC=O)c(=O)[nH]1. The number of aromatic nitrogens is 20. The lowest BCUT2D eigenvalue weighted by molar-refractivity contribution is -0.145. The molecule has 0 aliphatic carbocycles. The van der Waals surface area contributed by atoms with Crippen LogP contribution in [0.2, 0.25) is 0 Å². The number of nitrogens with zero attached hydrogens (tertiary/aromatic N) is 15. The Balaban J connectivity index is 0.000000198. The van der Waals surface area contributed by atoms with Gasteiger partial charge in [-0.25, -0.2) is 35.1 Å². The number of nitrogens with two attached hydrogens (primary N) is 5. The lowest BCUT2D eigenvalue weighted by atomic mass is 10.2. The Labute approximate surface area is 801 Å². The number of unbranched alkanes of at least 4 members (excludes halogenated alkanes) is 1. The van der Waals surface area contributed by atoms with Crippen LogP contribution >= 0.6 is 53.8 Å². The molecule has 0 saturated carbocycles. The number of ether oxygens (including phenoxy) is 8. The summed E-state index contributed by atoms with van der Waals surface area (Å²) in [4.78, 5) is 188. The van der Waals surface area contributed by atoms with E-state index < -0.39 is 88.8 Å².